The molecule has 2 rings (SSSR count). The van der Waals surface area contributed by atoms with Crippen molar-refractivity contribution in [2.75, 3.05) is 18.0 Å². The molecule has 1 aliphatic rings. The molecule has 1 amide bonds. The number of rotatable bonds is 3. The van der Waals surface area contributed by atoms with E-state index < -0.39 is 11.0 Å². The van der Waals surface area contributed by atoms with E-state index in [1.807, 2.05) is 4.90 Å². The van der Waals surface area contributed by atoms with Crippen molar-refractivity contribution in [3.05, 3.63) is 28.4 Å². The Morgan fingerprint density at radius 2 is 2.16 bits per heavy atom. The Bertz CT molecular complexity index is 468. The van der Waals surface area contributed by atoms with Gasteiger partial charge in [-0.25, -0.2) is 4.79 Å². The summed E-state index contributed by atoms with van der Waals surface area (Å²) in [7, 11) is 0. The molecule has 1 saturated heterocycles. The van der Waals surface area contributed by atoms with Crippen molar-refractivity contribution in [3.63, 3.8) is 0 Å². The van der Waals surface area contributed by atoms with Crippen molar-refractivity contribution in [1.82, 2.24) is 10.3 Å². The van der Waals surface area contributed by atoms with Gasteiger partial charge in [-0.15, -0.1) is 0 Å². The lowest BCUT2D eigenvalue weighted by atomic mass is 10.0. The van der Waals surface area contributed by atoms with Crippen molar-refractivity contribution in [1.29, 1.82) is 0 Å². The average Bonchev–Trinajstić information content (AvgIpc) is 2.39. The van der Waals surface area contributed by atoms with E-state index in [-0.39, 0.29) is 11.9 Å². The lowest BCUT2D eigenvalue weighted by Gasteiger charge is -2.32. The van der Waals surface area contributed by atoms with Crippen molar-refractivity contribution in [2.45, 2.75) is 18.9 Å². The summed E-state index contributed by atoms with van der Waals surface area (Å²) in [6.45, 7) is 1.40. The van der Waals surface area contributed by atoms with Gasteiger partial charge in [0.15, 0.2) is 6.20 Å². The van der Waals surface area contributed by atoms with Crippen molar-refractivity contribution in [3.8, 4) is 0 Å². The third-order valence-electron chi connectivity index (χ3n) is 3.11. The molecule has 0 atom stereocenters. The standard InChI is InChI=1S/C11H14N4O4/c16-11(17)13-8-3-5-14(6-4-8)9-1-2-10(12-7-9)15(18)19/h1-2,7-8,13H,3-6H2,(H,16,17). The molecule has 0 spiro atoms. The zero-order chi connectivity index (χ0) is 13.8. The van der Waals surface area contributed by atoms with Gasteiger partial charge in [0.05, 0.1) is 5.69 Å². The van der Waals surface area contributed by atoms with Crippen LogP contribution in [-0.4, -0.2) is 40.2 Å². The van der Waals surface area contributed by atoms with Crippen LogP contribution in [0, 0.1) is 10.1 Å². The SMILES string of the molecule is O=C(O)NC1CCN(c2ccc([N+](=O)[O-])nc2)CC1. The Hall–Kier alpha value is -2.38. The quantitative estimate of drug-likeness (QED) is 0.629. The first kappa shape index (κ1) is 13.1. The van der Waals surface area contributed by atoms with Crippen LogP contribution in [-0.2, 0) is 0 Å². The predicted octanol–water partition coefficient (Wildman–Crippen LogP) is 1.23. The highest BCUT2D eigenvalue weighted by molar-refractivity contribution is 5.64. The number of hydrogen-bond donors (Lipinski definition) is 2. The summed E-state index contributed by atoms with van der Waals surface area (Å²) in [6, 6.07) is 3.01. The third kappa shape index (κ3) is 3.30. The van der Waals surface area contributed by atoms with Crippen LogP contribution in [0.15, 0.2) is 18.3 Å². The number of hydrogen-bond acceptors (Lipinski definition) is 5. The largest absolute Gasteiger partial charge is 0.465 e. The van der Waals surface area contributed by atoms with E-state index in [0.29, 0.717) is 25.9 Å². The van der Waals surface area contributed by atoms with Crippen molar-refractivity contribution >= 4 is 17.6 Å². The number of carboxylic acid groups (broad SMARTS) is 1. The van der Waals surface area contributed by atoms with Gasteiger partial charge in [-0.1, -0.05) is 0 Å². The molecule has 8 heteroatoms. The highest BCUT2D eigenvalue weighted by Gasteiger charge is 2.21. The number of piperidine rings is 1. The van der Waals surface area contributed by atoms with Crippen LogP contribution in [0.5, 0.6) is 0 Å². The first-order valence-corrected chi connectivity index (χ1v) is 5.91. The fourth-order valence-corrected chi connectivity index (χ4v) is 2.13. The fraction of sp³-hybridized carbons (Fsp3) is 0.455. The van der Waals surface area contributed by atoms with Crippen LogP contribution in [0.4, 0.5) is 16.3 Å². The van der Waals surface area contributed by atoms with E-state index >= 15 is 0 Å². The molecule has 0 unspecified atom stereocenters. The second-order valence-corrected chi connectivity index (χ2v) is 4.34. The normalized spacial score (nSPS) is 16.1. The number of pyridine rings is 1. The van der Waals surface area contributed by atoms with Gasteiger partial charge in [-0.3, -0.25) is 0 Å². The number of nitrogens with one attached hydrogen (secondary N) is 1. The molecule has 102 valence electrons. The molecule has 0 aromatic carbocycles. The van der Waals surface area contributed by atoms with E-state index in [9.17, 15) is 14.9 Å². The number of nitrogens with zero attached hydrogens (tertiary/aromatic N) is 3. The Morgan fingerprint density at radius 3 is 2.63 bits per heavy atom. The Morgan fingerprint density at radius 1 is 1.47 bits per heavy atom. The molecule has 0 aliphatic carbocycles. The Kier molecular flexibility index (Phi) is 3.79. The van der Waals surface area contributed by atoms with Crippen LogP contribution < -0.4 is 10.2 Å². The lowest BCUT2D eigenvalue weighted by molar-refractivity contribution is -0.389. The monoisotopic (exact) mass is 266 g/mol. The van der Waals surface area contributed by atoms with E-state index in [4.69, 9.17) is 5.11 Å². The number of nitro groups is 1. The van der Waals surface area contributed by atoms with Gasteiger partial charge in [0.2, 0.25) is 0 Å². The second kappa shape index (κ2) is 5.51. The number of aromatic nitrogens is 1. The minimum atomic E-state index is -1.00. The van der Waals surface area contributed by atoms with Gasteiger partial charge in [0, 0.05) is 25.2 Å². The van der Waals surface area contributed by atoms with Crippen LogP contribution in [0.25, 0.3) is 0 Å². The van der Waals surface area contributed by atoms with Crippen LogP contribution in [0.3, 0.4) is 0 Å². The maximum absolute atomic E-state index is 10.5. The summed E-state index contributed by atoms with van der Waals surface area (Å²) < 4.78 is 0. The van der Waals surface area contributed by atoms with Gasteiger partial charge in [0.1, 0.15) is 0 Å². The summed E-state index contributed by atoms with van der Waals surface area (Å²) in [4.78, 5) is 26.3. The second-order valence-electron chi connectivity index (χ2n) is 4.34. The number of anilines is 1. The summed E-state index contributed by atoms with van der Waals surface area (Å²) in [5.41, 5.74) is 0.819. The average molecular weight is 266 g/mol. The van der Waals surface area contributed by atoms with Crippen molar-refractivity contribution < 1.29 is 14.8 Å². The Balaban J connectivity index is 1.94. The first-order chi connectivity index (χ1) is 9.06. The zero-order valence-corrected chi connectivity index (χ0v) is 10.2. The lowest BCUT2D eigenvalue weighted by Crippen LogP contribution is -2.44. The molecule has 1 fully saturated rings. The van der Waals surface area contributed by atoms with E-state index in [1.165, 1.54) is 12.3 Å². The molecule has 2 N–H and O–H groups in total. The minimum Gasteiger partial charge on any atom is -0.465 e. The molecule has 1 aromatic rings. The van der Waals surface area contributed by atoms with E-state index in [2.05, 4.69) is 10.3 Å². The summed E-state index contributed by atoms with van der Waals surface area (Å²) in [6.07, 6.45) is 1.89. The molecule has 1 aliphatic heterocycles. The molecular formula is C11H14N4O4. The van der Waals surface area contributed by atoms with Crippen LogP contribution >= 0.6 is 0 Å². The number of amides is 1. The topological polar surface area (TPSA) is 109 Å². The molecular weight excluding hydrogens is 252 g/mol. The number of carbonyl (C=O) groups is 1. The van der Waals surface area contributed by atoms with Crippen LogP contribution in [0.1, 0.15) is 12.8 Å². The maximum Gasteiger partial charge on any atom is 0.404 e. The molecule has 1 aromatic heterocycles. The third-order valence-corrected chi connectivity index (χ3v) is 3.11. The molecule has 2 heterocycles. The highest BCUT2D eigenvalue weighted by Crippen LogP contribution is 2.20. The smallest absolute Gasteiger partial charge is 0.404 e. The summed E-state index contributed by atoms with van der Waals surface area (Å²) in [5, 5.41) is 21.6. The highest BCUT2D eigenvalue weighted by atomic mass is 16.6. The molecule has 8 nitrogen and oxygen atoms in total. The Labute approximate surface area is 109 Å². The van der Waals surface area contributed by atoms with Crippen molar-refractivity contribution in [2.24, 2.45) is 0 Å². The predicted molar refractivity (Wildman–Crippen MR) is 67.3 cm³/mol. The van der Waals surface area contributed by atoms with Gasteiger partial charge >= 0.3 is 11.9 Å². The van der Waals surface area contributed by atoms with Crippen LogP contribution in [0.2, 0.25) is 0 Å². The first-order valence-electron chi connectivity index (χ1n) is 5.91. The van der Waals surface area contributed by atoms with Gasteiger partial charge in [-0.2, -0.15) is 0 Å². The van der Waals surface area contributed by atoms with E-state index in [1.54, 1.807) is 6.07 Å². The molecule has 0 saturated carbocycles. The molecule has 0 radical (unpaired) electrons. The van der Waals surface area contributed by atoms with Gasteiger partial charge < -0.3 is 25.4 Å². The fourth-order valence-electron chi connectivity index (χ4n) is 2.13. The molecule has 0 bridgehead atoms. The summed E-state index contributed by atoms with van der Waals surface area (Å²) >= 11 is 0. The maximum atomic E-state index is 10.5. The molecule has 19 heavy (non-hydrogen) atoms. The van der Waals surface area contributed by atoms with Gasteiger partial charge in [0.25, 0.3) is 0 Å². The van der Waals surface area contributed by atoms with Gasteiger partial charge in [-0.05, 0) is 28.8 Å². The summed E-state index contributed by atoms with van der Waals surface area (Å²) in [5.74, 6) is -0.175. The minimum absolute atomic E-state index is 0.0280. The van der Waals surface area contributed by atoms with E-state index in [0.717, 1.165) is 5.69 Å². The zero-order valence-electron chi connectivity index (χ0n) is 10.2.